The van der Waals surface area contributed by atoms with Crippen LogP contribution in [0, 0.1) is 6.92 Å². The summed E-state index contributed by atoms with van der Waals surface area (Å²) in [5, 5.41) is 0. The summed E-state index contributed by atoms with van der Waals surface area (Å²) in [6.07, 6.45) is 4.83. The van der Waals surface area contributed by atoms with Gasteiger partial charge in [-0.05, 0) is 43.7 Å². The van der Waals surface area contributed by atoms with Crippen LogP contribution in [0.15, 0.2) is 24.3 Å². The average molecular weight is 360 g/mol. The fourth-order valence-corrected chi connectivity index (χ4v) is 4.36. The molecule has 2 fully saturated rings. The molecule has 144 valence electrons. The van der Waals surface area contributed by atoms with Gasteiger partial charge in [-0.2, -0.15) is 0 Å². The van der Waals surface area contributed by atoms with Gasteiger partial charge in [-0.3, -0.25) is 9.69 Å². The average Bonchev–Trinajstić information content (AvgIpc) is 2.69. The van der Waals surface area contributed by atoms with E-state index < -0.39 is 0 Å². The Labute approximate surface area is 157 Å². The van der Waals surface area contributed by atoms with Gasteiger partial charge in [0.25, 0.3) is 0 Å². The van der Waals surface area contributed by atoms with Crippen molar-refractivity contribution in [3.8, 4) is 0 Å². The van der Waals surface area contributed by atoms with E-state index in [4.69, 9.17) is 10.5 Å². The molecule has 0 spiro atoms. The largest absolute Gasteiger partial charge is 0.381 e. The fourth-order valence-electron chi connectivity index (χ4n) is 4.36. The predicted molar refractivity (Wildman–Crippen MR) is 104 cm³/mol. The number of carbonyl (C=O) groups is 1. The van der Waals surface area contributed by atoms with E-state index in [-0.39, 0.29) is 5.91 Å². The molecule has 5 heteroatoms. The number of ether oxygens (including phenoxy) is 1. The smallest absolute Gasteiger partial charge is 0.227 e. The van der Waals surface area contributed by atoms with Crippen molar-refractivity contribution >= 4 is 5.91 Å². The molecule has 2 saturated heterocycles. The molecular weight excluding hydrogens is 326 g/mol. The van der Waals surface area contributed by atoms with Crippen molar-refractivity contribution in [1.82, 2.24) is 9.80 Å². The lowest BCUT2D eigenvalue weighted by Crippen LogP contribution is -2.52. The summed E-state index contributed by atoms with van der Waals surface area (Å²) in [5.41, 5.74) is 8.22. The molecule has 0 aromatic heterocycles. The van der Waals surface area contributed by atoms with Crippen LogP contribution in [-0.4, -0.2) is 67.2 Å². The predicted octanol–water partition coefficient (Wildman–Crippen LogP) is 1.97. The lowest BCUT2D eigenvalue weighted by molar-refractivity contribution is -0.132. The van der Waals surface area contributed by atoms with Gasteiger partial charge in [-0.1, -0.05) is 24.3 Å². The minimum absolute atomic E-state index is 0.259. The molecule has 5 nitrogen and oxygen atoms in total. The molecule has 2 aliphatic rings. The number of benzene rings is 1. The van der Waals surface area contributed by atoms with Crippen LogP contribution in [0.25, 0.3) is 0 Å². The van der Waals surface area contributed by atoms with Gasteiger partial charge in [-0.25, -0.2) is 0 Å². The van der Waals surface area contributed by atoms with E-state index in [1.165, 1.54) is 5.56 Å². The maximum absolute atomic E-state index is 12.7. The third-order valence-electron chi connectivity index (χ3n) is 5.94. The molecule has 26 heavy (non-hydrogen) atoms. The highest BCUT2D eigenvalue weighted by Crippen LogP contribution is 2.24. The second-order valence-corrected chi connectivity index (χ2v) is 7.59. The zero-order valence-electron chi connectivity index (χ0n) is 16.0. The van der Waals surface area contributed by atoms with Crippen LogP contribution in [0.1, 0.15) is 36.8 Å². The summed E-state index contributed by atoms with van der Waals surface area (Å²) < 4.78 is 5.52. The van der Waals surface area contributed by atoms with Crippen molar-refractivity contribution in [1.29, 1.82) is 0 Å². The number of rotatable bonds is 6. The maximum atomic E-state index is 12.7. The van der Waals surface area contributed by atoms with Crippen molar-refractivity contribution in [2.45, 2.75) is 51.1 Å². The summed E-state index contributed by atoms with van der Waals surface area (Å²) in [7, 11) is 0. The van der Waals surface area contributed by atoms with Crippen molar-refractivity contribution in [2.75, 3.05) is 39.4 Å². The van der Waals surface area contributed by atoms with Gasteiger partial charge in [0, 0.05) is 51.5 Å². The fraction of sp³-hybridized carbons (Fsp3) is 0.667. The van der Waals surface area contributed by atoms with Crippen molar-refractivity contribution in [2.24, 2.45) is 5.73 Å². The number of amides is 1. The molecule has 1 amide bonds. The molecule has 0 atom stereocenters. The summed E-state index contributed by atoms with van der Waals surface area (Å²) >= 11 is 0. The molecule has 1 aromatic rings. The van der Waals surface area contributed by atoms with Gasteiger partial charge >= 0.3 is 0 Å². The van der Waals surface area contributed by atoms with E-state index in [2.05, 4.69) is 24.0 Å². The van der Waals surface area contributed by atoms with Gasteiger partial charge in [0.05, 0.1) is 6.42 Å². The minimum atomic E-state index is 0.259. The highest BCUT2D eigenvalue weighted by molar-refractivity contribution is 5.79. The standard InChI is InChI=1S/C21H33N3O2/c1-17-4-2-3-5-18(17)16-21(25)23-11-6-19(7-12-23)24(13-10-22)20-8-14-26-15-9-20/h2-5,19-20H,6-16,22H2,1H3. The Morgan fingerprint density at radius 2 is 1.81 bits per heavy atom. The normalized spacial score (nSPS) is 19.9. The van der Waals surface area contributed by atoms with E-state index in [9.17, 15) is 4.79 Å². The molecule has 2 heterocycles. The third kappa shape index (κ3) is 4.84. The number of aryl methyl sites for hydroxylation is 1. The monoisotopic (exact) mass is 359 g/mol. The summed E-state index contributed by atoms with van der Waals surface area (Å²) in [6.45, 7) is 7.17. The first-order chi connectivity index (χ1) is 12.7. The zero-order valence-corrected chi connectivity index (χ0v) is 16.0. The summed E-state index contributed by atoms with van der Waals surface area (Å²) in [5.74, 6) is 0.259. The Hall–Kier alpha value is -1.43. The Morgan fingerprint density at radius 1 is 1.15 bits per heavy atom. The number of carbonyl (C=O) groups excluding carboxylic acids is 1. The number of nitrogens with zero attached hydrogens (tertiary/aromatic N) is 2. The molecule has 0 unspecified atom stereocenters. The lowest BCUT2D eigenvalue weighted by atomic mass is 9.97. The van der Waals surface area contributed by atoms with Crippen LogP contribution in [0.2, 0.25) is 0 Å². The second kappa shape index (κ2) is 9.49. The first-order valence-electron chi connectivity index (χ1n) is 10.0. The van der Waals surface area contributed by atoms with Crippen molar-refractivity contribution in [3.05, 3.63) is 35.4 Å². The maximum Gasteiger partial charge on any atom is 0.227 e. The third-order valence-corrected chi connectivity index (χ3v) is 5.94. The molecule has 2 N–H and O–H groups in total. The van der Waals surface area contributed by atoms with Crippen LogP contribution in [0.3, 0.4) is 0 Å². The first kappa shape index (κ1) is 19.3. The van der Waals surface area contributed by atoms with Crippen LogP contribution < -0.4 is 5.73 Å². The second-order valence-electron chi connectivity index (χ2n) is 7.59. The summed E-state index contributed by atoms with van der Waals surface area (Å²) in [4.78, 5) is 17.4. The van der Waals surface area contributed by atoms with E-state index in [1.807, 2.05) is 17.0 Å². The number of nitrogens with two attached hydrogens (primary N) is 1. The quantitative estimate of drug-likeness (QED) is 0.844. The molecule has 0 saturated carbocycles. The van der Waals surface area contributed by atoms with Crippen LogP contribution in [-0.2, 0) is 16.0 Å². The lowest BCUT2D eigenvalue weighted by Gasteiger charge is -2.43. The van der Waals surface area contributed by atoms with Crippen LogP contribution in [0.4, 0.5) is 0 Å². The number of hydrogen-bond acceptors (Lipinski definition) is 4. The Balaban J connectivity index is 1.53. The molecule has 0 bridgehead atoms. The SMILES string of the molecule is Cc1ccccc1CC(=O)N1CCC(N(CCN)C2CCOCC2)CC1. The highest BCUT2D eigenvalue weighted by Gasteiger charge is 2.31. The van der Waals surface area contributed by atoms with Gasteiger partial charge in [0.15, 0.2) is 0 Å². The van der Waals surface area contributed by atoms with Gasteiger partial charge in [0.2, 0.25) is 5.91 Å². The van der Waals surface area contributed by atoms with E-state index >= 15 is 0 Å². The Morgan fingerprint density at radius 3 is 2.46 bits per heavy atom. The Bertz CT molecular complexity index is 578. The van der Waals surface area contributed by atoms with Gasteiger partial charge in [0.1, 0.15) is 0 Å². The van der Waals surface area contributed by atoms with Gasteiger partial charge < -0.3 is 15.4 Å². The van der Waals surface area contributed by atoms with Crippen LogP contribution >= 0.6 is 0 Å². The van der Waals surface area contributed by atoms with Gasteiger partial charge in [-0.15, -0.1) is 0 Å². The van der Waals surface area contributed by atoms with Crippen LogP contribution in [0.5, 0.6) is 0 Å². The van der Waals surface area contributed by atoms with Crippen molar-refractivity contribution in [3.63, 3.8) is 0 Å². The molecular formula is C21H33N3O2. The van der Waals surface area contributed by atoms with E-state index in [0.717, 1.165) is 64.1 Å². The number of likely N-dealkylation sites (tertiary alicyclic amines) is 1. The molecule has 1 aromatic carbocycles. The Kier molecular flexibility index (Phi) is 7.06. The topological polar surface area (TPSA) is 58.8 Å². The molecule has 0 aliphatic carbocycles. The van der Waals surface area contributed by atoms with E-state index in [0.29, 0.717) is 25.0 Å². The molecule has 3 rings (SSSR count). The van der Waals surface area contributed by atoms with E-state index in [1.54, 1.807) is 0 Å². The highest BCUT2D eigenvalue weighted by atomic mass is 16.5. The molecule has 2 aliphatic heterocycles. The molecule has 0 radical (unpaired) electrons. The number of piperidine rings is 1. The zero-order chi connectivity index (χ0) is 18.4. The summed E-state index contributed by atoms with van der Waals surface area (Å²) in [6, 6.07) is 9.31. The first-order valence-corrected chi connectivity index (χ1v) is 10.0. The number of hydrogen-bond donors (Lipinski definition) is 1. The minimum Gasteiger partial charge on any atom is -0.381 e. The van der Waals surface area contributed by atoms with Crippen molar-refractivity contribution < 1.29 is 9.53 Å².